The quantitative estimate of drug-likeness (QED) is 0.868. The molecule has 2 aromatic heterocycles. The number of fused-ring (bicyclic) bond motifs is 1. The van der Waals surface area contributed by atoms with Gasteiger partial charge in [0.1, 0.15) is 13.1 Å². The molecule has 2 aliphatic rings. The van der Waals surface area contributed by atoms with E-state index in [1.807, 2.05) is 11.2 Å². The van der Waals surface area contributed by atoms with Gasteiger partial charge in [0, 0.05) is 12.1 Å². The summed E-state index contributed by atoms with van der Waals surface area (Å²) in [4.78, 5) is 15.5. The number of anilines is 1. The van der Waals surface area contributed by atoms with Crippen molar-refractivity contribution in [3.05, 3.63) is 12.7 Å². The number of aliphatic hydroxyl groups excluding tert-OH is 1. The van der Waals surface area contributed by atoms with Crippen LogP contribution >= 0.6 is 12.4 Å². The largest absolute Gasteiger partial charge is 0.376 e. The molecule has 0 atom stereocenters. The molecule has 0 amide bonds. The van der Waals surface area contributed by atoms with Gasteiger partial charge in [0.15, 0.2) is 17.0 Å². The number of aromatic nitrogens is 4. The van der Waals surface area contributed by atoms with Gasteiger partial charge in [0.05, 0.1) is 6.33 Å². The van der Waals surface area contributed by atoms with Crippen LogP contribution in [0.2, 0.25) is 0 Å². The van der Waals surface area contributed by atoms with E-state index in [9.17, 15) is 5.11 Å². The van der Waals surface area contributed by atoms with Crippen LogP contribution in [-0.4, -0.2) is 37.4 Å². The minimum absolute atomic E-state index is 0. The van der Waals surface area contributed by atoms with Crippen LogP contribution in [-0.2, 0) is 0 Å². The van der Waals surface area contributed by atoms with E-state index in [1.165, 1.54) is 38.5 Å². The predicted molar refractivity (Wildman–Crippen MR) is 91.9 cm³/mol. The van der Waals surface area contributed by atoms with Crippen molar-refractivity contribution in [2.24, 2.45) is 0 Å². The van der Waals surface area contributed by atoms with E-state index >= 15 is 0 Å². The third-order valence-corrected chi connectivity index (χ3v) is 5.25. The third-order valence-electron chi connectivity index (χ3n) is 5.25. The molecule has 0 aliphatic heterocycles. The summed E-state index contributed by atoms with van der Waals surface area (Å²) >= 11 is 0. The highest BCUT2D eigenvalue weighted by Crippen LogP contribution is 2.34. The van der Waals surface area contributed by atoms with Crippen molar-refractivity contribution in [2.45, 2.75) is 63.5 Å². The summed E-state index contributed by atoms with van der Waals surface area (Å²) in [6, 6.07) is 0.890. The van der Waals surface area contributed by atoms with Crippen LogP contribution in [0.3, 0.4) is 0 Å². The third kappa shape index (κ3) is 2.90. The number of halogens is 1. The van der Waals surface area contributed by atoms with Crippen LogP contribution in [0.15, 0.2) is 12.7 Å². The highest BCUT2D eigenvalue weighted by molar-refractivity contribution is 5.85. The summed E-state index contributed by atoms with van der Waals surface area (Å²) in [7, 11) is 0. The Morgan fingerprint density at radius 2 is 1.74 bits per heavy atom. The molecule has 0 radical (unpaired) electrons. The summed E-state index contributed by atoms with van der Waals surface area (Å²) in [5.41, 5.74) is 1.74. The zero-order chi connectivity index (χ0) is 14.9. The van der Waals surface area contributed by atoms with E-state index in [2.05, 4.69) is 19.5 Å². The zero-order valence-corrected chi connectivity index (χ0v) is 14.1. The molecule has 0 saturated heterocycles. The van der Waals surface area contributed by atoms with E-state index in [4.69, 9.17) is 0 Å². The number of imidazole rings is 1. The van der Waals surface area contributed by atoms with Gasteiger partial charge in [-0.15, -0.1) is 12.4 Å². The molecule has 2 fully saturated rings. The molecule has 126 valence electrons. The topological polar surface area (TPSA) is 67.1 Å². The number of rotatable bonds is 4. The first-order valence-electron chi connectivity index (χ1n) is 8.43. The van der Waals surface area contributed by atoms with Crippen LogP contribution in [0, 0.1) is 0 Å². The normalized spacial score (nSPS) is 19.3. The van der Waals surface area contributed by atoms with Crippen molar-refractivity contribution in [2.75, 3.05) is 11.6 Å². The Morgan fingerprint density at radius 3 is 2.43 bits per heavy atom. The summed E-state index contributed by atoms with van der Waals surface area (Å²) in [6.45, 7) is -0.00688. The first-order valence-corrected chi connectivity index (χ1v) is 8.43. The van der Waals surface area contributed by atoms with Gasteiger partial charge in [-0.1, -0.05) is 25.7 Å². The number of nitrogens with zero attached hydrogens (tertiary/aromatic N) is 5. The van der Waals surface area contributed by atoms with Crippen molar-refractivity contribution in [1.82, 2.24) is 19.5 Å². The standard InChI is InChI=1S/C16H23N5O.ClH/c22-11-21(13-7-3-4-8-13)16-14-15(17-9-18-16)20(10-19-14)12-5-1-2-6-12;/h9-10,12-13,22H,1-8,11H2;1H. The molecular formula is C16H24ClN5O. The zero-order valence-electron chi connectivity index (χ0n) is 13.3. The maximum Gasteiger partial charge on any atom is 0.165 e. The van der Waals surface area contributed by atoms with Gasteiger partial charge in [-0.05, 0) is 25.7 Å². The van der Waals surface area contributed by atoms with Gasteiger partial charge in [-0.2, -0.15) is 0 Å². The van der Waals surface area contributed by atoms with Gasteiger partial charge in [0.25, 0.3) is 0 Å². The molecule has 7 heteroatoms. The lowest BCUT2D eigenvalue weighted by Crippen LogP contribution is -2.35. The van der Waals surface area contributed by atoms with Gasteiger partial charge in [-0.25, -0.2) is 15.0 Å². The summed E-state index contributed by atoms with van der Waals surface area (Å²) in [5.74, 6) is 0.788. The first-order chi connectivity index (χ1) is 10.9. The lowest BCUT2D eigenvalue weighted by Gasteiger charge is -2.27. The van der Waals surface area contributed by atoms with Crippen molar-refractivity contribution >= 4 is 29.4 Å². The Bertz CT molecular complexity index is 649. The number of hydrogen-bond donors (Lipinski definition) is 1. The molecule has 1 N–H and O–H groups in total. The molecule has 0 spiro atoms. The Kier molecular flexibility index (Phi) is 5.02. The molecule has 2 saturated carbocycles. The molecule has 2 aromatic rings. The molecular weight excluding hydrogens is 314 g/mol. The Morgan fingerprint density at radius 1 is 1.04 bits per heavy atom. The van der Waals surface area contributed by atoms with Crippen LogP contribution in [0.1, 0.15) is 57.4 Å². The molecule has 23 heavy (non-hydrogen) atoms. The summed E-state index contributed by atoms with van der Waals surface area (Å²) < 4.78 is 2.21. The Balaban J connectivity index is 0.00000156. The van der Waals surface area contributed by atoms with E-state index in [-0.39, 0.29) is 19.1 Å². The maximum absolute atomic E-state index is 9.85. The lowest BCUT2D eigenvalue weighted by molar-refractivity contribution is 0.275. The fourth-order valence-corrected chi connectivity index (χ4v) is 4.07. The van der Waals surface area contributed by atoms with E-state index in [0.717, 1.165) is 29.8 Å². The van der Waals surface area contributed by atoms with Crippen LogP contribution < -0.4 is 4.90 Å². The first kappa shape index (κ1) is 16.5. The van der Waals surface area contributed by atoms with Gasteiger partial charge >= 0.3 is 0 Å². The molecule has 6 nitrogen and oxygen atoms in total. The van der Waals surface area contributed by atoms with Gasteiger partial charge in [-0.3, -0.25) is 0 Å². The maximum atomic E-state index is 9.85. The minimum Gasteiger partial charge on any atom is -0.376 e. The van der Waals surface area contributed by atoms with Crippen LogP contribution in [0.25, 0.3) is 11.2 Å². The fraction of sp³-hybridized carbons (Fsp3) is 0.688. The second-order valence-electron chi connectivity index (χ2n) is 6.51. The van der Waals surface area contributed by atoms with E-state index in [1.54, 1.807) is 6.33 Å². The van der Waals surface area contributed by atoms with Crippen LogP contribution in [0.5, 0.6) is 0 Å². The van der Waals surface area contributed by atoms with Crippen molar-refractivity contribution in [3.63, 3.8) is 0 Å². The van der Waals surface area contributed by atoms with Gasteiger partial charge < -0.3 is 14.6 Å². The highest BCUT2D eigenvalue weighted by atomic mass is 35.5. The highest BCUT2D eigenvalue weighted by Gasteiger charge is 2.27. The second kappa shape index (κ2) is 7.01. The fourth-order valence-electron chi connectivity index (χ4n) is 4.07. The molecule has 0 aromatic carbocycles. The van der Waals surface area contributed by atoms with Crippen LogP contribution in [0.4, 0.5) is 5.82 Å². The minimum atomic E-state index is -0.00688. The molecule has 4 rings (SSSR count). The van der Waals surface area contributed by atoms with Crippen molar-refractivity contribution in [1.29, 1.82) is 0 Å². The average Bonchev–Trinajstić information content (AvgIpc) is 3.29. The smallest absolute Gasteiger partial charge is 0.165 e. The monoisotopic (exact) mass is 337 g/mol. The van der Waals surface area contributed by atoms with Crippen molar-refractivity contribution in [3.8, 4) is 0 Å². The number of aliphatic hydroxyl groups is 1. The molecule has 0 unspecified atom stereocenters. The summed E-state index contributed by atoms with van der Waals surface area (Å²) in [6.07, 6.45) is 13.2. The Hall–Kier alpha value is -1.40. The van der Waals surface area contributed by atoms with Crippen molar-refractivity contribution < 1.29 is 5.11 Å². The van der Waals surface area contributed by atoms with E-state index in [0.29, 0.717) is 12.1 Å². The molecule has 0 bridgehead atoms. The van der Waals surface area contributed by atoms with E-state index < -0.39 is 0 Å². The average molecular weight is 338 g/mol. The molecule has 2 aliphatic carbocycles. The molecule has 2 heterocycles. The SMILES string of the molecule is Cl.OCN(c1ncnc2c1ncn2C1CCCC1)C1CCCC1. The summed E-state index contributed by atoms with van der Waals surface area (Å²) in [5, 5.41) is 9.85. The van der Waals surface area contributed by atoms with Gasteiger partial charge in [0.2, 0.25) is 0 Å². The number of hydrogen-bond acceptors (Lipinski definition) is 5. The predicted octanol–water partition coefficient (Wildman–Crippen LogP) is 3.06. The Labute approximate surface area is 142 Å². The second-order valence-corrected chi connectivity index (χ2v) is 6.51. The lowest BCUT2D eigenvalue weighted by atomic mass is 10.2.